The molecule has 2 N–H and O–H groups in total. The molecule has 0 aromatic heterocycles. The Bertz CT molecular complexity index is 350. The molecule has 17 heavy (non-hydrogen) atoms. The molecule has 1 aromatic rings. The molecule has 0 heterocycles. The van der Waals surface area contributed by atoms with E-state index in [9.17, 15) is 0 Å². The Hall–Kier alpha value is -1.06. The SMILES string of the molecule is COCCC(C)Oc1cc(C)ccc1C(C)N. The fourth-order valence-electron chi connectivity index (χ4n) is 1.68. The van der Waals surface area contributed by atoms with Gasteiger partial charge in [0.1, 0.15) is 5.75 Å². The van der Waals surface area contributed by atoms with E-state index in [-0.39, 0.29) is 12.1 Å². The maximum Gasteiger partial charge on any atom is 0.124 e. The van der Waals surface area contributed by atoms with Crippen LogP contribution in [0.3, 0.4) is 0 Å². The van der Waals surface area contributed by atoms with Crippen molar-refractivity contribution in [3.05, 3.63) is 29.3 Å². The number of nitrogens with two attached hydrogens (primary N) is 1. The molecule has 0 aliphatic carbocycles. The van der Waals surface area contributed by atoms with Gasteiger partial charge in [0.05, 0.1) is 6.10 Å². The normalized spacial score (nSPS) is 14.4. The lowest BCUT2D eigenvalue weighted by atomic mass is 10.1. The van der Waals surface area contributed by atoms with Gasteiger partial charge in [0, 0.05) is 31.7 Å². The van der Waals surface area contributed by atoms with Gasteiger partial charge in [-0.2, -0.15) is 0 Å². The van der Waals surface area contributed by atoms with Gasteiger partial charge in [0.15, 0.2) is 0 Å². The zero-order valence-corrected chi connectivity index (χ0v) is 11.2. The molecule has 2 atom stereocenters. The number of rotatable bonds is 6. The molecular weight excluding hydrogens is 214 g/mol. The van der Waals surface area contributed by atoms with E-state index < -0.39 is 0 Å². The quantitative estimate of drug-likeness (QED) is 0.827. The van der Waals surface area contributed by atoms with Gasteiger partial charge in [-0.05, 0) is 32.4 Å². The Balaban J connectivity index is 2.77. The summed E-state index contributed by atoms with van der Waals surface area (Å²) in [7, 11) is 1.70. The van der Waals surface area contributed by atoms with Crippen LogP contribution in [0.2, 0.25) is 0 Å². The van der Waals surface area contributed by atoms with E-state index in [1.54, 1.807) is 7.11 Å². The van der Waals surface area contributed by atoms with Gasteiger partial charge in [-0.3, -0.25) is 0 Å². The summed E-state index contributed by atoms with van der Waals surface area (Å²) < 4.78 is 11.0. The second-order valence-electron chi connectivity index (χ2n) is 4.54. The van der Waals surface area contributed by atoms with Crippen LogP contribution < -0.4 is 10.5 Å². The van der Waals surface area contributed by atoms with Crippen LogP contribution in [0.15, 0.2) is 18.2 Å². The first-order chi connectivity index (χ1) is 8.04. The van der Waals surface area contributed by atoms with Crippen molar-refractivity contribution in [1.29, 1.82) is 0 Å². The fourth-order valence-corrected chi connectivity index (χ4v) is 1.68. The minimum Gasteiger partial charge on any atom is -0.490 e. The average Bonchev–Trinajstić information content (AvgIpc) is 2.26. The standard InChI is InChI=1S/C14H23NO2/c1-10-5-6-13(12(3)15)14(9-10)17-11(2)7-8-16-4/h5-6,9,11-12H,7-8,15H2,1-4H3. The molecular formula is C14H23NO2. The molecule has 1 rings (SSSR count). The van der Waals surface area contributed by atoms with Gasteiger partial charge < -0.3 is 15.2 Å². The summed E-state index contributed by atoms with van der Waals surface area (Å²) in [6.45, 7) is 6.78. The third kappa shape index (κ3) is 4.36. The Morgan fingerprint density at radius 2 is 2.00 bits per heavy atom. The molecule has 0 saturated heterocycles. The van der Waals surface area contributed by atoms with Gasteiger partial charge in [-0.1, -0.05) is 12.1 Å². The number of methoxy groups -OCH3 is 1. The topological polar surface area (TPSA) is 44.5 Å². The summed E-state index contributed by atoms with van der Waals surface area (Å²) >= 11 is 0. The van der Waals surface area contributed by atoms with Crippen LogP contribution in [0.1, 0.15) is 37.4 Å². The Morgan fingerprint density at radius 1 is 1.29 bits per heavy atom. The summed E-state index contributed by atoms with van der Waals surface area (Å²) in [4.78, 5) is 0. The Kier molecular flexibility index (Phi) is 5.45. The molecule has 0 spiro atoms. The van der Waals surface area contributed by atoms with Crippen molar-refractivity contribution >= 4 is 0 Å². The summed E-state index contributed by atoms with van der Waals surface area (Å²) in [6.07, 6.45) is 1.01. The van der Waals surface area contributed by atoms with E-state index in [1.165, 1.54) is 5.56 Å². The monoisotopic (exact) mass is 237 g/mol. The smallest absolute Gasteiger partial charge is 0.124 e. The molecule has 0 saturated carbocycles. The van der Waals surface area contributed by atoms with Crippen molar-refractivity contribution in [2.75, 3.05) is 13.7 Å². The van der Waals surface area contributed by atoms with Crippen molar-refractivity contribution in [2.45, 2.75) is 39.3 Å². The van der Waals surface area contributed by atoms with Crippen LogP contribution in [-0.4, -0.2) is 19.8 Å². The van der Waals surface area contributed by atoms with Crippen molar-refractivity contribution in [3.8, 4) is 5.75 Å². The Labute approximate surface area is 104 Å². The van der Waals surface area contributed by atoms with Crippen LogP contribution in [0, 0.1) is 6.92 Å². The van der Waals surface area contributed by atoms with E-state index >= 15 is 0 Å². The van der Waals surface area contributed by atoms with Gasteiger partial charge in [-0.15, -0.1) is 0 Å². The zero-order chi connectivity index (χ0) is 12.8. The maximum atomic E-state index is 5.94. The van der Waals surface area contributed by atoms with Crippen molar-refractivity contribution in [2.24, 2.45) is 5.73 Å². The predicted molar refractivity (Wildman–Crippen MR) is 70.4 cm³/mol. The molecule has 3 nitrogen and oxygen atoms in total. The second kappa shape index (κ2) is 6.62. The first-order valence-corrected chi connectivity index (χ1v) is 6.06. The van der Waals surface area contributed by atoms with Gasteiger partial charge in [-0.25, -0.2) is 0 Å². The molecule has 2 unspecified atom stereocenters. The molecule has 0 aliphatic rings. The first kappa shape index (κ1) is 14.0. The maximum absolute atomic E-state index is 5.94. The van der Waals surface area contributed by atoms with E-state index in [0.717, 1.165) is 17.7 Å². The van der Waals surface area contributed by atoms with Crippen LogP contribution in [-0.2, 0) is 4.74 Å². The van der Waals surface area contributed by atoms with Crippen molar-refractivity contribution in [3.63, 3.8) is 0 Å². The zero-order valence-electron chi connectivity index (χ0n) is 11.2. The first-order valence-electron chi connectivity index (χ1n) is 6.06. The number of benzene rings is 1. The summed E-state index contributed by atoms with van der Waals surface area (Å²) in [5, 5.41) is 0. The van der Waals surface area contributed by atoms with Gasteiger partial charge >= 0.3 is 0 Å². The van der Waals surface area contributed by atoms with Crippen LogP contribution in [0.5, 0.6) is 5.75 Å². The Morgan fingerprint density at radius 3 is 2.59 bits per heavy atom. The molecule has 0 fully saturated rings. The molecule has 0 amide bonds. The molecule has 0 radical (unpaired) electrons. The van der Waals surface area contributed by atoms with Crippen LogP contribution >= 0.6 is 0 Å². The minimum atomic E-state index is -0.0137. The van der Waals surface area contributed by atoms with E-state index in [1.807, 2.05) is 26.0 Å². The third-order valence-corrected chi connectivity index (χ3v) is 2.72. The van der Waals surface area contributed by atoms with Crippen LogP contribution in [0.25, 0.3) is 0 Å². The molecule has 0 aliphatic heterocycles. The number of aryl methyl sites for hydroxylation is 1. The number of ether oxygens (including phenoxy) is 2. The molecule has 3 heteroatoms. The fraction of sp³-hybridized carbons (Fsp3) is 0.571. The third-order valence-electron chi connectivity index (χ3n) is 2.72. The van der Waals surface area contributed by atoms with E-state index in [0.29, 0.717) is 6.61 Å². The highest BCUT2D eigenvalue weighted by atomic mass is 16.5. The highest BCUT2D eigenvalue weighted by Gasteiger charge is 2.11. The van der Waals surface area contributed by atoms with E-state index in [2.05, 4.69) is 13.0 Å². The van der Waals surface area contributed by atoms with Gasteiger partial charge in [0.2, 0.25) is 0 Å². The van der Waals surface area contributed by atoms with Crippen molar-refractivity contribution in [1.82, 2.24) is 0 Å². The molecule has 96 valence electrons. The summed E-state index contributed by atoms with van der Waals surface area (Å²) in [5.41, 5.74) is 8.17. The lowest BCUT2D eigenvalue weighted by Gasteiger charge is -2.19. The van der Waals surface area contributed by atoms with Gasteiger partial charge in [0.25, 0.3) is 0 Å². The lowest BCUT2D eigenvalue weighted by molar-refractivity contribution is 0.134. The highest BCUT2D eigenvalue weighted by molar-refractivity contribution is 5.39. The average molecular weight is 237 g/mol. The second-order valence-corrected chi connectivity index (χ2v) is 4.54. The number of hydrogen-bond donors (Lipinski definition) is 1. The lowest BCUT2D eigenvalue weighted by Crippen LogP contribution is -2.17. The summed E-state index contributed by atoms with van der Waals surface area (Å²) in [5.74, 6) is 0.892. The molecule has 0 bridgehead atoms. The largest absolute Gasteiger partial charge is 0.490 e. The number of hydrogen-bond acceptors (Lipinski definition) is 3. The minimum absolute atomic E-state index is 0.0137. The van der Waals surface area contributed by atoms with Crippen molar-refractivity contribution < 1.29 is 9.47 Å². The van der Waals surface area contributed by atoms with E-state index in [4.69, 9.17) is 15.2 Å². The highest BCUT2D eigenvalue weighted by Crippen LogP contribution is 2.26. The summed E-state index contributed by atoms with van der Waals surface area (Å²) in [6, 6.07) is 6.13. The molecule has 1 aromatic carbocycles. The predicted octanol–water partition coefficient (Wildman–Crippen LogP) is 2.82. The van der Waals surface area contributed by atoms with Crippen LogP contribution in [0.4, 0.5) is 0 Å².